The molecule has 1 aromatic rings. The van der Waals surface area contributed by atoms with E-state index in [9.17, 15) is 0 Å². The zero-order valence-corrected chi connectivity index (χ0v) is 18.7. The zero-order valence-electron chi connectivity index (χ0n) is 17.7. The van der Waals surface area contributed by atoms with Crippen molar-refractivity contribution in [2.24, 2.45) is 11.8 Å². The van der Waals surface area contributed by atoms with Crippen LogP contribution in [-0.4, -0.2) is 26.1 Å². The van der Waals surface area contributed by atoms with E-state index in [0.29, 0.717) is 5.92 Å². The monoisotopic (exact) mass is 357 g/mol. The molecule has 1 nitrogen and oxygen atoms in total. The molecule has 0 aromatic heterocycles. The lowest BCUT2D eigenvalue weighted by atomic mass is 9.89. The zero-order chi connectivity index (χ0) is 18.8. The fourth-order valence-corrected chi connectivity index (χ4v) is 5.80. The van der Waals surface area contributed by atoms with Crippen LogP contribution in [0.1, 0.15) is 42.5 Å². The second-order valence-corrected chi connectivity index (χ2v) is 15.4. The number of fused-ring (bicyclic) bond motifs is 1. The van der Waals surface area contributed by atoms with Crippen LogP contribution in [0.15, 0.2) is 24.3 Å². The molecule has 0 saturated carbocycles. The van der Waals surface area contributed by atoms with Crippen molar-refractivity contribution in [3.05, 3.63) is 46.5 Å². The van der Waals surface area contributed by atoms with Gasteiger partial charge in [-0.15, -0.1) is 0 Å². The van der Waals surface area contributed by atoms with Crippen molar-refractivity contribution in [1.82, 2.24) is 4.90 Å². The molecule has 1 atom stereocenters. The van der Waals surface area contributed by atoms with Crippen molar-refractivity contribution >= 4 is 8.07 Å². The van der Waals surface area contributed by atoms with Crippen molar-refractivity contribution in [3.8, 4) is 0 Å². The van der Waals surface area contributed by atoms with E-state index in [1.807, 2.05) is 0 Å². The van der Waals surface area contributed by atoms with Gasteiger partial charge in [0.2, 0.25) is 0 Å². The van der Waals surface area contributed by atoms with Gasteiger partial charge in [0.15, 0.2) is 0 Å². The largest absolute Gasteiger partial charge is 0.298 e. The highest BCUT2D eigenvalue weighted by molar-refractivity contribution is 6.76. The third-order valence-electron chi connectivity index (χ3n) is 5.48. The molecule has 0 bridgehead atoms. The van der Waals surface area contributed by atoms with E-state index < -0.39 is 8.07 Å². The Hall–Kier alpha value is -0.863. The maximum Gasteiger partial charge on any atom is 0.0483 e. The fourth-order valence-electron chi connectivity index (χ4n) is 4.15. The highest BCUT2D eigenvalue weighted by Gasteiger charge is 2.25. The maximum absolute atomic E-state index is 4.54. The second kappa shape index (κ2) is 8.22. The summed E-state index contributed by atoms with van der Waals surface area (Å²) in [6, 6.07) is 6.11. The van der Waals surface area contributed by atoms with Gasteiger partial charge in [0.1, 0.15) is 0 Å². The van der Waals surface area contributed by atoms with Crippen molar-refractivity contribution in [1.29, 1.82) is 0 Å². The molecular formula is C23H39NSi. The molecule has 1 heterocycles. The first-order chi connectivity index (χ1) is 11.5. The summed E-state index contributed by atoms with van der Waals surface area (Å²) in [5.74, 6) is 1.39. The Morgan fingerprint density at radius 3 is 2.28 bits per heavy atom. The summed E-state index contributed by atoms with van der Waals surface area (Å²) >= 11 is 0. The predicted octanol–water partition coefficient (Wildman–Crippen LogP) is 6.22. The summed E-state index contributed by atoms with van der Waals surface area (Å²) in [5.41, 5.74) is 7.50. The van der Waals surface area contributed by atoms with Gasteiger partial charge in [-0.3, -0.25) is 4.90 Å². The van der Waals surface area contributed by atoms with Gasteiger partial charge in [-0.1, -0.05) is 57.8 Å². The smallest absolute Gasteiger partial charge is 0.0483 e. The van der Waals surface area contributed by atoms with Crippen molar-refractivity contribution in [2.75, 3.05) is 13.1 Å². The van der Waals surface area contributed by atoms with Gasteiger partial charge < -0.3 is 0 Å². The molecule has 25 heavy (non-hydrogen) atoms. The van der Waals surface area contributed by atoms with Gasteiger partial charge in [0, 0.05) is 27.7 Å². The average molecular weight is 358 g/mol. The Bertz CT molecular complexity index is 609. The molecule has 0 fully saturated rings. The number of benzene rings is 1. The Morgan fingerprint density at radius 1 is 1.12 bits per heavy atom. The fraction of sp³-hybridized carbons (Fsp3) is 0.652. The maximum atomic E-state index is 4.54. The van der Waals surface area contributed by atoms with E-state index in [4.69, 9.17) is 0 Å². The SMILES string of the molecule is C=C(C[Si](C)(C)C)C(CC(C)C)CN1CCc2cc(C)c(C)cc2C1. The Morgan fingerprint density at radius 2 is 1.72 bits per heavy atom. The third kappa shape index (κ3) is 6.11. The minimum Gasteiger partial charge on any atom is -0.298 e. The summed E-state index contributed by atoms with van der Waals surface area (Å²) in [4.78, 5) is 2.68. The van der Waals surface area contributed by atoms with Crippen LogP contribution in [0.2, 0.25) is 25.7 Å². The number of aryl methyl sites for hydroxylation is 2. The van der Waals surface area contributed by atoms with Crippen LogP contribution < -0.4 is 0 Å². The Labute approximate surface area is 157 Å². The van der Waals surface area contributed by atoms with Crippen molar-refractivity contribution in [2.45, 2.75) is 72.8 Å². The molecular weight excluding hydrogens is 318 g/mol. The van der Waals surface area contributed by atoms with E-state index in [-0.39, 0.29) is 0 Å². The molecule has 1 aliphatic rings. The predicted molar refractivity (Wildman–Crippen MR) is 115 cm³/mol. The number of nitrogens with zero attached hydrogens (tertiary/aromatic N) is 1. The first-order valence-electron chi connectivity index (χ1n) is 10.0. The molecule has 0 radical (unpaired) electrons. The van der Waals surface area contributed by atoms with Crippen LogP contribution in [0, 0.1) is 25.7 Å². The Balaban J connectivity index is 2.08. The topological polar surface area (TPSA) is 3.24 Å². The number of hydrogen-bond acceptors (Lipinski definition) is 1. The summed E-state index contributed by atoms with van der Waals surface area (Å²) < 4.78 is 0. The van der Waals surface area contributed by atoms with E-state index in [1.165, 1.54) is 48.7 Å². The molecule has 0 saturated heterocycles. The molecule has 2 rings (SSSR count). The first-order valence-corrected chi connectivity index (χ1v) is 13.7. The summed E-state index contributed by atoms with van der Waals surface area (Å²) in [6.45, 7) is 24.6. The molecule has 0 spiro atoms. The average Bonchev–Trinajstić information content (AvgIpc) is 2.46. The quantitative estimate of drug-likeness (QED) is 0.414. The molecule has 0 amide bonds. The molecule has 0 N–H and O–H groups in total. The van der Waals surface area contributed by atoms with Gasteiger partial charge in [-0.25, -0.2) is 0 Å². The Kier molecular flexibility index (Phi) is 6.72. The van der Waals surface area contributed by atoms with E-state index in [2.05, 4.69) is 70.9 Å². The van der Waals surface area contributed by atoms with E-state index in [1.54, 1.807) is 11.1 Å². The normalized spacial score (nSPS) is 16.8. The molecule has 140 valence electrons. The summed E-state index contributed by atoms with van der Waals surface area (Å²) in [6.07, 6.45) is 2.48. The van der Waals surface area contributed by atoms with Crippen molar-refractivity contribution < 1.29 is 0 Å². The molecule has 1 aromatic carbocycles. The van der Waals surface area contributed by atoms with Crippen LogP contribution in [0.5, 0.6) is 0 Å². The summed E-state index contributed by atoms with van der Waals surface area (Å²) in [7, 11) is -1.09. The molecule has 0 aliphatic carbocycles. The van der Waals surface area contributed by atoms with Gasteiger partial charge in [-0.2, -0.15) is 0 Å². The first kappa shape index (κ1) is 20.4. The van der Waals surface area contributed by atoms with Gasteiger partial charge in [0.25, 0.3) is 0 Å². The molecule has 1 unspecified atom stereocenters. The summed E-state index contributed by atoms with van der Waals surface area (Å²) in [5, 5.41) is 0. The van der Waals surface area contributed by atoms with Crippen molar-refractivity contribution in [3.63, 3.8) is 0 Å². The van der Waals surface area contributed by atoms with E-state index in [0.717, 1.165) is 12.5 Å². The lowest BCUT2D eigenvalue weighted by Gasteiger charge is -2.35. The third-order valence-corrected chi connectivity index (χ3v) is 6.99. The molecule has 1 aliphatic heterocycles. The van der Waals surface area contributed by atoms with Gasteiger partial charge in [0.05, 0.1) is 0 Å². The van der Waals surface area contributed by atoms with Gasteiger partial charge >= 0.3 is 0 Å². The van der Waals surface area contributed by atoms with Crippen LogP contribution in [0.25, 0.3) is 0 Å². The second-order valence-electron chi connectivity index (χ2n) is 9.91. The highest BCUT2D eigenvalue weighted by atomic mass is 28.3. The number of rotatable bonds is 7. The minimum absolute atomic E-state index is 0.653. The van der Waals surface area contributed by atoms with Crippen LogP contribution in [0.4, 0.5) is 0 Å². The highest BCUT2D eigenvalue weighted by Crippen LogP contribution is 2.30. The molecule has 2 heteroatoms. The lowest BCUT2D eigenvalue weighted by Crippen LogP contribution is -2.36. The van der Waals surface area contributed by atoms with Gasteiger partial charge in [-0.05, 0) is 66.8 Å². The number of hydrogen-bond donors (Lipinski definition) is 0. The van der Waals surface area contributed by atoms with Crippen LogP contribution in [0.3, 0.4) is 0 Å². The van der Waals surface area contributed by atoms with E-state index >= 15 is 0 Å². The standard InChI is InChI=1S/C23H39NSi/c1-17(2)11-22(20(5)16-25(6,7)8)14-24-10-9-21-12-18(3)19(4)13-23(21)15-24/h12-13,17,22H,5,9-11,14-16H2,1-4,6-8H3. The minimum atomic E-state index is -1.09. The van der Waals surface area contributed by atoms with Crippen LogP contribution in [-0.2, 0) is 13.0 Å². The van der Waals surface area contributed by atoms with Crippen LogP contribution >= 0.6 is 0 Å². The lowest BCUT2D eigenvalue weighted by molar-refractivity contribution is 0.214.